The molecule has 3 atom stereocenters. The van der Waals surface area contributed by atoms with Crippen LogP contribution >= 0.6 is 0 Å². The summed E-state index contributed by atoms with van der Waals surface area (Å²) in [7, 11) is 0. The molecule has 2 aliphatic rings. The average molecular weight is 297 g/mol. The third-order valence-electron chi connectivity index (χ3n) is 4.83. The van der Waals surface area contributed by atoms with Crippen molar-refractivity contribution in [2.45, 2.75) is 65.1 Å². The Morgan fingerprint density at radius 2 is 1.71 bits per heavy atom. The third-order valence-corrected chi connectivity index (χ3v) is 4.83. The summed E-state index contributed by atoms with van der Waals surface area (Å²) in [5.41, 5.74) is 0.275. The van der Waals surface area contributed by atoms with Crippen molar-refractivity contribution in [3.8, 4) is 0 Å². The van der Waals surface area contributed by atoms with Crippen LogP contribution < -0.4 is 0 Å². The van der Waals surface area contributed by atoms with Crippen molar-refractivity contribution in [2.75, 3.05) is 13.1 Å². The predicted molar refractivity (Wildman–Crippen MR) is 78.9 cm³/mol. The second kappa shape index (κ2) is 6.34. The second-order valence-electron chi connectivity index (χ2n) is 7.35. The topological polar surface area (TPSA) is 66.8 Å². The number of nitrogens with zero attached hydrogens (tertiary/aromatic N) is 1. The monoisotopic (exact) mass is 297 g/mol. The van der Waals surface area contributed by atoms with Crippen LogP contribution in [-0.2, 0) is 14.3 Å². The molecule has 0 saturated carbocycles. The van der Waals surface area contributed by atoms with Gasteiger partial charge in [-0.3, -0.25) is 4.79 Å². The predicted octanol–water partition coefficient (Wildman–Crippen LogP) is 2.29. The van der Waals surface area contributed by atoms with Crippen LogP contribution in [0.1, 0.15) is 52.9 Å². The van der Waals surface area contributed by atoms with Gasteiger partial charge in [-0.25, -0.2) is 4.79 Å². The van der Waals surface area contributed by atoms with E-state index in [0.717, 1.165) is 32.4 Å². The van der Waals surface area contributed by atoms with Crippen molar-refractivity contribution >= 4 is 11.9 Å². The summed E-state index contributed by atoms with van der Waals surface area (Å²) in [6.45, 7) is 8.30. The van der Waals surface area contributed by atoms with E-state index in [9.17, 15) is 9.59 Å². The molecule has 120 valence electrons. The molecule has 2 rings (SSSR count). The number of ether oxygens (including phenoxy) is 1. The zero-order chi connectivity index (χ0) is 15.6. The molecule has 2 heterocycles. The smallest absolute Gasteiger partial charge is 0.332 e. The minimum absolute atomic E-state index is 0.0201. The van der Waals surface area contributed by atoms with E-state index in [-0.39, 0.29) is 11.3 Å². The number of carbonyl (C=O) groups excluding carboxylic acids is 1. The molecule has 2 aliphatic heterocycles. The lowest BCUT2D eigenvalue weighted by molar-refractivity contribution is -0.154. The van der Waals surface area contributed by atoms with E-state index in [1.54, 1.807) is 0 Å². The number of hydrogen-bond acceptors (Lipinski definition) is 3. The molecule has 5 nitrogen and oxygen atoms in total. The number of carboxylic acids is 1. The Morgan fingerprint density at radius 1 is 1.05 bits per heavy atom. The van der Waals surface area contributed by atoms with Crippen LogP contribution in [0.15, 0.2) is 0 Å². The first kappa shape index (κ1) is 16.3. The van der Waals surface area contributed by atoms with Gasteiger partial charge in [-0.2, -0.15) is 0 Å². The Balaban J connectivity index is 1.91. The molecular weight excluding hydrogens is 270 g/mol. The number of carboxylic acid groups (broad SMARTS) is 1. The van der Waals surface area contributed by atoms with Crippen molar-refractivity contribution < 1.29 is 19.4 Å². The number of hydrogen-bond donors (Lipinski definition) is 1. The molecule has 0 spiro atoms. The molecule has 5 heteroatoms. The molecule has 0 aromatic rings. The van der Waals surface area contributed by atoms with Gasteiger partial charge >= 0.3 is 5.97 Å². The van der Waals surface area contributed by atoms with Crippen LogP contribution in [0.25, 0.3) is 0 Å². The fourth-order valence-corrected chi connectivity index (χ4v) is 3.39. The number of likely N-dealkylation sites (tertiary alicyclic amines) is 1. The van der Waals surface area contributed by atoms with E-state index in [1.165, 1.54) is 0 Å². The van der Waals surface area contributed by atoms with E-state index in [1.807, 2.05) is 4.90 Å². The highest BCUT2D eigenvalue weighted by Crippen LogP contribution is 2.34. The molecule has 21 heavy (non-hydrogen) atoms. The molecule has 0 bridgehead atoms. The van der Waals surface area contributed by atoms with Gasteiger partial charge in [0, 0.05) is 13.1 Å². The largest absolute Gasteiger partial charge is 0.479 e. The average Bonchev–Trinajstić information content (AvgIpc) is 2.74. The van der Waals surface area contributed by atoms with Crippen molar-refractivity contribution in [1.82, 2.24) is 4.90 Å². The van der Waals surface area contributed by atoms with Gasteiger partial charge in [0.1, 0.15) is 6.10 Å². The van der Waals surface area contributed by atoms with E-state index in [4.69, 9.17) is 9.84 Å². The van der Waals surface area contributed by atoms with E-state index in [0.29, 0.717) is 18.8 Å². The Morgan fingerprint density at radius 3 is 2.29 bits per heavy atom. The highest BCUT2D eigenvalue weighted by molar-refractivity contribution is 5.82. The summed E-state index contributed by atoms with van der Waals surface area (Å²) >= 11 is 0. The van der Waals surface area contributed by atoms with Crippen LogP contribution in [0.3, 0.4) is 0 Å². The quantitative estimate of drug-likeness (QED) is 0.849. The van der Waals surface area contributed by atoms with Crippen molar-refractivity contribution in [3.05, 3.63) is 0 Å². The summed E-state index contributed by atoms with van der Waals surface area (Å²) in [6.07, 6.45) is 2.77. The van der Waals surface area contributed by atoms with Crippen LogP contribution in [0.4, 0.5) is 0 Å². The minimum atomic E-state index is -0.964. The van der Waals surface area contributed by atoms with Gasteiger partial charge in [-0.05, 0) is 43.4 Å². The summed E-state index contributed by atoms with van der Waals surface area (Å²) in [4.78, 5) is 25.3. The number of carbonyl (C=O) groups is 2. The standard InChI is InChI=1S/C16H27NO4/c1-16(2,3)11-5-4-9-17(10-8-11)14(18)12-6-7-13(21-12)15(19)20/h11-13H,4-10H2,1-3H3,(H,19,20). The van der Waals surface area contributed by atoms with Crippen molar-refractivity contribution in [2.24, 2.45) is 11.3 Å². The van der Waals surface area contributed by atoms with Gasteiger partial charge < -0.3 is 14.7 Å². The van der Waals surface area contributed by atoms with E-state index < -0.39 is 18.2 Å². The molecule has 0 aliphatic carbocycles. The molecule has 0 aromatic carbocycles. The fourth-order valence-electron chi connectivity index (χ4n) is 3.39. The van der Waals surface area contributed by atoms with Gasteiger partial charge in [0.25, 0.3) is 5.91 Å². The summed E-state index contributed by atoms with van der Waals surface area (Å²) in [6, 6.07) is 0. The summed E-state index contributed by atoms with van der Waals surface area (Å²) in [5, 5.41) is 8.94. The lowest BCUT2D eigenvalue weighted by atomic mass is 9.77. The number of aliphatic carboxylic acids is 1. The molecule has 0 radical (unpaired) electrons. The summed E-state index contributed by atoms with van der Waals surface area (Å²) in [5.74, 6) is -0.353. The number of rotatable bonds is 2. The second-order valence-corrected chi connectivity index (χ2v) is 7.35. The molecule has 2 saturated heterocycles. The maximum Gasteiger partial charge on any atom is 0.332 e. The Hall–Kier alpha value is -1.10. The van der Waals surface area contributed by atoms with Crippen LogP contribution in [0.2, 0.25) is 0 Å². The van der Waals surface area contributed by atoms with Crippen LogP contribution in [0.5, 0.6) is 0 Å². The maximum absolute atomic E-state index is 12.5. The highest BCUT2D eigenvalue weighted by Gasteiger charge is 2.37. The van der Waals surface area contributed by atoms with Crippen molar-refractivity contribution in [3.63, 3.8) is 0 Å². The normalized spacial score (nSPS) is 31.0. The van der Waals surface area contributed by atoms with Gasteiger partial charge in [-0.1, -0.05) is 20.8 Å². The van der Waals surface area contributed by atoms with Gasteiger partial charge in [0.2, 0.25) is 0 Å². The Labute approximate surface area is 126 Å². The van der Waals surface area contributed by atoms with Gasteiger partial charge in [0.05, 0.1) is 0 Å². The zero-order valence-electron chi connectivity index (χ0n) is 13.3. The lowest BCUT2D eigenvalue weighted by Gasteiger charge is -2.30. The first-order valence-electron chi connectivity index (χ1n) is 7.96. The van der Waals surface area contributed by atoms with Gasteiger partial charge in [0.15, 0.2) is 6.10 Å². The SMILES string of the molecule is CC(C)(C)C1CCCN(C(=O)C2CCC(C(=O)O)O2)CC1. The highest BCUT2D eigenvalue weighted by atomic mass is 16.5. The molecular formula is C16H27NO4. The maximum atomic E-state index is 12.5. The third kappa shape index (κ3) is 3.96. The molecule has 2 fully saturated rings. The molecule has 0 aromatic heterocycles. The number of amides is 1. The Bertz CT molecular complexity index is 402. The van der Waals surface area contributed by atoms with Crippen molar-refractivity contribution in [1.29, 1.82) is 0 Å². The van der Waals surface area contributed by atoms with Gasteiger partial charge in [-0.15, -0.1) is 0 Å². The molecule has 1 N–H and O–H groups in total. The van der Waals surface area contributed by atoms with E-state index >= 15 is 0 Å². The summed E-state index contributed by atoms with van der Waals surface area (Å²) < 4.78 is 5.38. The fraction of sp³-hybridized carbons (Fsp3) is 0.875. The van der Waals surface area contributed by atoms with Crippen LogP contribution in [-0.4, -0.2) is 47.2 Å². The van der Waals surface area contributed by atoms with E-state index in [2.05, 4.69) is 20.8 Å². The zero-order valence-corrected chi connectivity index (χ0v) is 13.3. The lowest BCUT2D eigenvalue weighted by Crippen LogP contribution is -2.40. The van der Waals surface area contributed by atoms with Crippen LogP contribution in [0, 0.1) is 11.3 Å². The first-order valence-corrected chi connectivity index (χ1v) is 7.96. The molecule has 3 unspecified atom stereocenters. The minimum Gasteiger partial charge on any atom is -0.479 e. The molecule has 1 amide bonds. The Kier molecular flexibility index (Phi) is 4.91. The first-order chi connectivity index (χ1) is 9.79.